The topological polar surface area (TPSA) is 108 Å². The van der Waals surface area contributed by atoms with E-state index < -0.39 is 51.3 Å². The van der Waals surface area contributed by atoms with Crippen molar-refractivity contribution in [2.75, 3.05) is 0 Å². The molecule has 1 rings (SSSR count). The second kappa shape index (κ2) is 5.46. The van der Waals surface area contributed by atoms with E-state index in [0.29, 0.717) is 0 Å². The molecule has 0 fully saturated rings. The van der Waals surface area contributed by atoms with Crippen LogP contribution < -0.4 is 15.6 Å². The van der Waals surface area contributed by atoms with Crippen LogP contribution in [0.15, 0.2) is 11.1 Å². The number of ether oxygens (including phenoxy) is 1. The van der Waals surface area contributed by atoms with E-state index in [1.165, 1.54) is 0 Å². The van der Waals surface area contributed by atoms with Crippen LogP contribution in [0, 0.1) is 0 Å². The Kier molecular flexibility index (Phi) is 4.51. The molecule has 6 nitrogen and oxygen atoms in total. The molecule has 12 heteroatoms. The van der Waals surface area contributed by atoms with Gasteiger partial charge in [0.2, 0.25) is 10.0 Å². The van der Waals surface area contributed by atoms with Gasteiger partial charge in [0, 0.05) is 12.1 Å². The number of nitrogens with zero attached hydrogens (tertiary/aromatic N) is 1. The molecule has 114 valence electrons. The summed E-state index contributed by atoms with van der Waals surface area (Å²) in [4.78, 5) is 1.89. The molecule has 20 heavy (non-hydrogen) atoms. The molecule has 0 radical (unpaired) electrons. The van der Waals surface area contributed by atoms with Crippen LogP contribution in [0.5, 0.6) is 5.75 Å². The molecular formula is C8H8F5N3O3S. The van der Waals surface area contributed by atoms with Crippen molar-refractivity contribution in [3.05, 3.63) is 17.5 Å². The van der Waals surface area contributed by atoms with E-state index in [4.69, 9.17) is 5.73 Å². The molecule has 0 atom stereocenters. The maximum absolute atomic E-state index is 12.6. The predicted octanol–water partition coefficient (Wildman–Crippen LogP) is 1.02. The van der Waals surface area contributed by atoms with E-state index in [9.17, 15) is 30.4 Å². The van der Waals surface area contributed by atoms with Gasteiger partial charge in [-0.05, 0) is 0 Å². The normalized spacial score (nSPS) is 12.8. The molecule has 1 aromatic rings. The third kappa shape index (κ3) is 3.74. The first kappa shape index (κ1) is 16.5. The van der Waals surface area contributed by atoms with Gasteiger partial charge in [-0.2, -0.15) is 0 Å². The second-order valence-corrected chi connectivity index (χ2v) is 4.94. The number of sulfonamides is 1. The van der Waals surface area contributed by atoms with Crippen LogP contribution in [0.1, 0.15) is 17.7 Å². The van der Waals surface area contributed by atoms with Gasteiger partial charge >= 0.3 is 6.36 Å². The number of nitrogens with two attached hydrogens (primary N) is 2. The molecule has 0 aromatic carbocycles. The Morgan fingerprint density at radius 2 is 1.90 bits per heavy atom. The zero-order chi connectivity index (χ0) is 15.7. The Morgan fingerprint density at radius 3 is 2.25 bits per heavy atom. The number of halogens is 5. The molecule has 0 aliphatic heterocycles. The number of hydrogen-bond donors (Lipinski definition) is 2. The SMILES string of the molecule is NCc1c(C(F)F)ncc(S(N)(=O)=O)c1OC(F)(F)F. The number of aromatic nitrogens is 1. The highest BCUT2D eigenvalue weighted by molar-refractivity contribution is 7.89. The van der Waals surface area contributed by atoms with Gasteiger partial charge in [-0.1, -0.05) is 0 Å². The zero-order valence-corrected chi connectivity index (χ0v) is 10.3. The van der Waals surface area contributed by atoms with Gasteiger partial charge in [-0.15, -0.1) is 13.2 Å². The Morgan fingerprint density at radius 1 is 1.35 bits per heavy atom. The standard InChI is InChI=1S/C8H8F5N3O3S/c9-7(10)5-3(1-14)6(19-8(11,12)13)4(2-16-5)20(15,17)18/h2,7H,1,14H2,(H2,15,17,18). The fourth-order valence-corrected chi connectivity index (χ4v) is 1.97. The van der Waals surface area contributed by atoms with Gasteiger partial charge in [0.15, 0.2) is 5.75 Å². The maximum Gasteiger partial charge on any atom is 0.573 e. The van der Waals surface area contributed by atoms with Gasteiger partial charge in [0.05, 0.1) is 6.20 Å². The molecule has 0 bridgehead atoms. The van der Waals surface area contributed by atoms with E-state index in [-0.39, 0.29) is 6.20 Å². The first-order chi connectivity index (χ1) is 8.97. The summed E-state index contributed by atoms with van der Waals surface area (Å²) in [5.41, 5.74) is 3.07. The highest BCUT2D eigenvalue weighted by Gasteiger charge is 2.36. The van der Waals surface area contributed by atoms with Gasteiger partial charge in [-0.3, -0.25) is 4.98 Å². The molecule has 0 aliphatic carbocycles. The van der Waals surface area contributed by atoms with Crippen molar-refractivity contribution in [3.8, 4) is 5.75 Å². The van der Waals surface area contributed by atoms with Crippen molar-refractivity contribution in [3.63, 3.8) is 0 Å². The summed E-state index contributed by atoms with van der Waals surface area (Å²) < 4.78 is 87.8. The molecule has 1 heterocycles. The Balaban J connectivity index is 3.65. The summed E-state index contributed by atoms with van der Waals surface area (Å²) in [5.74, 6) is -1.40. The summed E-state index contributed by atoms with van der Waals surface area (Å²) in [6.07, 6.45) is -8.32. The molecule has 0 saturated carbocycles. The zero-order valence-electron chi connectivity index (χ0n) is 9.49. The van der Waals surface area contributed by atoms with Gasteiger partial charge in [-0.25, -0.2) is 22.3 Å². The van der Waals surface area contributed by atoms with E-state index in [1.54, 1.807) is 0 Å². The lowest BCUT2D eigenvalue weighted by Gasteiger charge is -2.17. The lowest BCUT2D eigenvalue weighted by molar-refractivity contribution is -0.275. The summed E-state index contributed by atoms with van der Waals surface area (Å²) >= 11 is 0. The largest absolute Gasteiger partial charge is 0.573 e. The first-order valence-corrected chi connectivity index (χ1v) is 6.30. The number of hydrogen-bond acceptors (Lipinski definition) is 5. The summed E-state index contributed by atoms with van der Waals surface area (Å²) in [5, 5.41) is 4.68. The third-order valence-electron chi connectivity index (χ3n) is 2.06. The van der Waals surface area contributed by atoms with Crippen LogP contribution in [0.4, 0.5) is 22.0 Å². The number of primary sulfonamides is 1. The van der Waals surface area contributed by atoms with Crippen molar-refractivity contribution in [2.45, 2.75) is 24.2 Å². The minimum absolute atomic E-state index is 0.261. The van der Waals surface area contributed by atoms with E-state index in [0.717, 1.165) is 0 Å². The van der Waals surface area contributed by atoms with Crippen molar-refractivity contribution in [1.29, 1.82) is 0 Å². The summed E-state index contributed by atoms with van der Waals surface area (Å²) in [7, 11) is -4.67. The first-order valence-electron chi connectivity index (χ1n) is 4.76. The molecule has 1 aromatic heterocycles. The van der Waals surface area contributed by atoms with Crippen molar-refractivity contribution in [1.82, 2.24) is 4.98 Å². The van der Waals surface area contributed by atoms with Gasteiger partial charge < -0.3 is 10.5 Å². The average molecular weight is 321 g/mol. The smallest absolute Gasteiger partial charge is 0.404 e. The minimum atomic E-state index is -5.32. The van der Waals surface area contributed by atoms with Crippen molar-refractivity contribution < 1.29 is 35.1 Å². The molecule has 4 N–H and O–H groups in total. The summed E-state index contributed by atoms with van der Waals surface area (Å²) in [6.45, 7) is -0.846. The minimum Gasteiger partial charge on any atom is -0.404 e. The average Bonchev–Trinajstić information content (AvgIpc) is 2.24. The number of alkyl halides is 5. The molecular weight excluding hydrogens is 313 g/mol. The lowest BCUT2D eigenvalue weighted by atomic mass is 10.1. The maximum atomic E-state index is 12.6. The van der Waals surface area contributed by atoms with Crippen molar-refractivity contribution >= 4 is 10.0 Å². The predicted molar refractivity (Wildman–Crippen MR) is 55.1 cm³/mol. The molecule has 0 unspecified atom stereocenters. The molecule has 0 amide bonds. The quantitative estimate of drug-likeness (QED) is 0.805. The van der Waals surface area contributed by atoms with Crippen LogP contribution in [0.25, 0.3) is 0 Å². The highest BCUT2D eigenvalue weighted by atomic mass is 32.2. The molecule has 0 spiro atoms. The Labute approximate surface area is 109 Å². The number of rotatable bonds is 4. The number of pyridine rings is 1. The van der Waals surface area contributed by atoms with Gasteiger partial charge in [0.25, 0.3) is 6.43 Å². The van der Waals surface area contributed by atoms with Crippen LogP contribution >= 0.6 is 0 Å². The van der Waals surface area contributed by atoms with E-state index in [1.807, 2.05) is 0 Å². The molecule has 0 aliphatic rings. The second-order valence-electron chi connectivity index (χ2n) is 3.41. The Bertz CT molecular complexity index is 602. The summed E-state index contributed by atoms with van der Waals surface area (Å²) in [6, 6.07) is 0. The van der Waals surface area contributed by atoms with Crippen LogP contribution in [-0.2, 0) is 16.6 Å². The molecule has 0 saturated heterocycles. The van der Waals surface area contributed by atoms with E-state index in [2.05, 4.69) is 14.9 Å². The van der Waals surface area contributed by atoms with E-state index >= 15 is 0 Å². The Hall–Kier alpha value is -1.53. The fraction of sp³-hybridized carbons (Fsp3) is 0.375. The van der Waals surface area contributed by atoms with Crippen molar-refractivity contribution in [2.24, 2.45) is 10.9 Å². The van der Waals surface area contributed by atoms with Gasteiger partial charge in [0.1, 0.15) is 10.6 Å². The fourth-order valence-electron chi connectivity index (χ4n) is 1.35. The highest BCUT2D eigenvalue weighted by Crippen LogP contribution is 2.36. The third-order valence-corrected chi connectivity index (χ3v) is 2.97. The van der Waals surface area contributed by atoms with Crippen LogP contribution in [0.3, 0.4) is 0 Å². The van der Waals surface area contributed by atoms with Crippen LogP contribution in [-0.4, -0.2) is 19.8 Å². The lowest BCUT2D eigenvalue weighted by Crippen LogP contribution is -2.24. The monoisotopic (exact) mass is 321 g/mol. The van der Waals surface area contributed by atoms with Crippen LogP contribution in [0.2, 0.25) is 0 Å².